The first-order valence-electron chi connectivity index (χ1n) is 11.8. The topological polar surface area (TPSA) is 75.0 Å². The van der Waals surface area contributed by atoms with Gasteiger partial charge >= 0.3 is 0 Å². The molecule has 3 aromatic rings. The molecule has 1 fully saturated rings. The smallest absolute Gasteiger partial charge is 0.287 e. The zero-order valence-corrected chi connectivity index (χ0v) is 19.1. The molecule has 0 radical (unpaired) electrons. The summed E-state index contributed by atoms with van der Waals surface area (Å²) in [5.41, 5.74) is 3.55. The second-order valence-electron chi connectivity index (χ2n) is 8.84. The van der Waals surface area contributed by atoms with Gasteiger partial charge in [0.2, 0.25) is 5.91 Å². The van der Waals surface area contributed by atoms with E-state index in [1.807, 2.05) is 35.2 Å². The van der Waals surface area contributed by atoms with Gasteiger partial charge in [0, 0.05) is 45.6 Å². The van der Waals surface area contributed by atoms with E-state index in [1.165, 1.54) is 17.4 Å². The van der Waals surface area contributed by atoms with Crippen molar-refractivity contribution >= 4 is 11.8 Å². The second-order valence-corrected chi connectivity index (χ2v) is 8.84. The van der Waals surface area contributed by atoms with E-state index in [4.69, 9.17) is 9.15 Å². The molecule has 5 rings (SSSR count). The number of hydrogen-bond donors (Lipinski definition) is 1. The molecule has 3 heterocycles. The zero-order chi connectivity index (χ0) is 23.3. The molecule has 2 aliphatic heterocycles. The lowest BCUT2D eigenvalue weighted by molar-refractivity contribution is -0.135. The molecular formula is C27H29N3O4. The third kappa shape index (κ3) is 5.15. The molecule has 2 amide bonds. The molecule has 34 heavy (non-hydrogen) atoms. The summed E-state index contributed by atoms with van der Waals surface area (Å²) in [6.45, 7) is 4.48. The molecule has 1 N–H and O–H groups in total. The van der Waals surface area contributed by atoms with Crippen LogP contribution in [0.15, 0.2) is 71.3 Å². The van der Waals surface area contributed by atoms with Crippen molar-refractivity contribution in [2.45, 2.75) is 25.4 Å². The maximum absolute atomic E-state index is 13.4. The lowest BCUT2D eigenvalue weighted by Gasteiger charge is -2.36. The number of nitrogens with zero attached hydrogens (tertiary/aromatic N) is 2. The van der Waals surface area contributed by atoms with Gasteiger partial charge in [-0.05, 0) is 34.9 Å². The van der Waals surface area contributed by atoms with Crippen LogP contribution in [-0.4, -0.2) is 60.4 Å². The Hall–Kier alpha value is -3.58. The van der Waals surface area contributed by atoms with E-state index >= 15 is 0 Å². The minimum Gasteiger partial charge on any atom is -0.493 e. The minimum absolute atomic E-state index is 0.0573. The van der Waals surface area contributed by atoms with Crippen LogP contribution in [0.4, 0.5) is 0 Å². The lowest BCUT2D eigenvalue weighted by Crippen LogP contribution is -2.55. The number of amides is 2. The maximum atomic E-state index is 13.4. The van der Waals surface area contributed by atoms with E-state index < -0.39 is 6.04 Å². The molecule has 0 bridgehead atoms. The first-order valence-corrected chi connectivity index (χ1v) is 11.8. The summed E-state index contributed by atoms with van der Waals surface area (Å²) in [5, 5.41) is 2.89. The number of ether oxygens (including phenoxy) is 1. The molecule has 0 unspecified atom stereocenters. The highest BCUT2D eigenvalue weighted by molar-refractivity contribution is 5.95. The highest BCUT2D eigenvalue weighted by atomic mass is 16.5. The number of carbonyl (C=O) groups is 2. The molecule has 1 aromatic heterocycles. The summed E-state index contributed by atoms with van der Waals surface area (Å²) in [4.78, 5) is 30.3. The number of furan rings is 1. The van der Waals surface area contributed by atoms with Crippen molar-refractivity contribution in [3.05, 3.63) is 89.4 Å². The first-order chi connectivity index (χ1) is 16.7. The van der Waals surface area contributed by atoms with Crippen molar-refractivity contribution in [3.8, 4) is 5.75 Å². The lowest BCUT2D eigenvalue weighted by atomic mass is 10.0. The van der Waals surface area contributed by atoms with Gasteiger partial charge in [0.25, 0.3) is 5.91 Å². The molecule has 7 nitrogen and oxygen atoms in total. The summed E-state index contributed by atoms with van der Waals surface area (Å²) in [6.07, 6.45) is 2.86. The fourth-order valence-electron chi connectivity index (χ4n) is 4.63. The van der Waals surface area contributed by atoms with E-state index in [9.17, 15) is 9.59 Å². The molecule has 1 saturated heterocycles. The predicted octanol–water partition coefficient (Wildman–Crippen LogP) is 2.90. The van der Waals surface area contributed by atoms with Crippen LogP contribution in [0.5, 0.6) is 5.75 Å². The van der Waals surface area contributed by atoms with Gasteiger partial charge in [-0.3, -0.25) is 14.5 Å². The monoisotopic (exact) mass is 459 g/mol. The Morgan fingerprint density at radius 1 is 0.941 bits per heavy atom. The van der Waals surface area contributed by atoms with E-state index in [0.717, 1.165) is 44.0 Å². The second kappa shape index (κ2) is 10.1. The van der Waals surface area contributed by atoms with Gasteiger partial charge in [-0.2, -0.15) is 0 Å². The Morgan fingerprint density at radius 2 is 1.76 bits per heavy atom. The molecule has 7 heteroatoms. The van der Waals surface area contributed by atoms with Crippen LogP contribution in [0.3, 0.4) is 0 Å². The predicted molar refractivity (Wildman–Crippen MR) is 128 cm³/mol. The van der Waals surface area contributed by atoms with E-state index in [2.05, 4.69) is 28.4 Å². The number of nitrogens with one attached hydrogen (secondary N) is 1. The fourth-order valence-corrected chi connectivity index (χ4v) is 4.63. The summed E-state index contributed by atoms with van der Waals surface area (Å²) < 4.78 is 10.8. The summed E-state index contributed by atoms with van der Waals surface area (Å²) >= 11 is 0. The van der Waals surface area contributed by atoms with Gasteiger partial charge in [0.1, 0.15) is 11.8 Å². The number of benzene rings is 2. The summed E-state index contributed by atoms with van der Waals surface area (Å²) in [5.74, 6) is 0.771. The fraction of sp³-hybridized carbons (Fsp3) is 0.333. The Kier molecular flexibility index (Phi) is 6.62. The van der Waals surface area contributed by atoms with Crippen LogP contribution in [0, 0.1) is 0 Å². The number of fused-ring (bicyclic) bond motifs is 1. The van der Waals surface area contributed by atoms with Gasteiger partial charge < -0.3 is 19.4 Å². The van der Waals surface area contributed by atoms with Crippen molar-refractivity contribution in [3.63, 3.8) is 0 Å². The summed E-state index contributed by atoms with van der Waals surface area (Å²) in [7, 11) is 0. The number of carbonyl (C=O) groups excluding carboxylic acids is 2. The number of piperazine rings is 1. The molecule has 0 spiro atoms. The molecule has 1 atom stereocenters. The van der Waals surface area contributed by atoms with Crippen LogP contribution in [0.25, 0.3) is 0 Å². The average molecular weight is 460 g/mol. The zero-order valence-electron chi connectivity index (χ0n) is 19.1. The maximum Gasteiger partial charge on any atom is 0.287 e. The SMILES string of the molecule is O=C(N[C@@H](Cc1ccccc1)C(=O)N1CCN(Cc2ccc3c(c2)CCO3)CC1)c1ccco1. The molecular weight excluding hydrogens is 430 g/mol. The van der Waals surface area contributed by atoms with E-state index in [-0.39, 0.29) is 17.6 Å². The molecule has 176 valence electrons. The van der Waals surface area contributed by atoms with Gasteiger partial charge in [-0.15, -0.1) is 0 Å². The van der Waals surface area contributed by atoms with Gasteiger partial charge in [-0.25, -0.2) is 0 Å². The highest BCUT2D eigenvalue weighted by Crippen LogP contribution is 2.26. The molecule has 0 saturated carbocycles. The van der Waals surface area contributed by atoms with Crippen LogP contribution >= 0.6 is 0 Å². The number of rotatable bonds is 7. The van der Waals surface area contributed by atoms with Crippen molar-refractivity contribution in [1.82, 2.24) is 15.1 Å². The van der Waals surface area contributed by atoms with Crippen LogP contribution < -0.4 is 10.1 Å². The number of hydrogen-bond acceptors (Lipinski definition) is 5. The first kappa shape index (κ1) is 22.2. The highest BCUT2D eigenvalue weighted by Gasteiger charge is 2.29. The molecule has 0 aliphatic carbocycles. The van der Waals surface area contributed by atoms with E-state index in [1.54, 1.807) is 12.1 Å². The third-order valence-corrected chi connectivity index (χ3v) is 6.48. The van der Waals surface area contributed by atoms with Gasteiger partial charge in [-0.1, -0.05) is 42.5 Å². The van der Waals surface area contributed by atoms with Gasteiger partial charge in [0.05, 0.1) is 12.9 Å². The third-order valence-electron chi connectivity index (χ3n) is 6.48. The Morgan fingerprint density at radius 3 is 2.53 bits per heavy atom. The standard InChI is InChI=1S/C27H29N3O4/c31-26(25-7-4-15-33-25)28-23(18-20-5-2-1-3-6-20)27(32)30-13-11-29(12-14-30)19-21-8-9-24-22(17-21)10-16-34-24/h1-9,15,17,23H,10-14,16,18-19H2,(H,28,31)/t23-/m0/s1. The minimum atomic E-state index is -0.650. The van der Waals surface area contributed by atoms with Gasteiger partial charge in [0.15, 0.2) is 5.76 Å². The van der Waals surface area contributed by atoms with E-state index in [0.29, 0.717) is 19.5 Å². The van der Waals surface area contributed by atoms with Crippen LogP contribution in [0.1, 0.15) is 27.2 Å². The van der Waals surface area contributed by atoms with Crippen LogP contribution in [-0.2, 0) is 24.2 Å². The average Bonchev–Trinajstić information content (AvgIpc) is 3.56. The molecule has 2 aromatic carbocycles. The largest absolute Gasteiger partial charge is 0.493 e. The van der Waals surface area contributed by atoms with Crippen molar-refractivity contribution in [2.75, 3.05) is 32.8 Å². The Bertz CT molecular complexity index is 1120. The van der Waals surface area contributed by atoms with Crippen LogP contribution in [0.2, 0.25) is 0 Å². The molecule has 2 aliphatic rings. The Labute approximate surface area is 199 Å². The normalized spacial score (nSPS) is 16.5. The Balaban J connectivity index is 1.21. The summed E-state index contributed by atoms with van der Waals surface area (Å²) in [6, 6.07) is 18.8. The van der Waals surface area contributed by atoms with Crippen molar-refractivity contribution < 1.29 is 18.7 Å². The quantitative estimate of drug-likeness (QED) is 0.588. The van der Waals surface area contributed by atoms with Crippen molar-refractivity contribution in [2.24, 2.45) is 0 Å². The van der Waals surface area contributed by atoms with Crippen molar-refractivity contribution in [1.29, 1.82) is 0 Å².